The number of piperazine rings is 3. The number of hydrogen-bond donors (Lipinski definition) is 1. The number of ether oxygens (including phenoxy) is 4. The van der Waals surface area contributed by atoms with Crippen molar-refractivity contribution in [2.45, 2.75) is 150 Å². The maximum Gasteiger partial charge on any atom is 0.401 e. The molecule has 0 atom stereocenters. The third-order valence-electron chi connectivity index (χ3n) is 17.8. The van der Waals surface area contributed by atoms with Gasteiger partial charge in [-0.25, -0.2) is 18.7 Å². The fourth-order valence-electron chi connectivity index (χ4n) is 11.4. The number of aromatic nitrogens is 3. The monoisotopic (exact) mass is 1340 g/mol. The maximum atomic E-state index is 12.3. The molecule has 4 fully saturated rings. The number of nitrogens with zero attached hydrogens (tertiary/aromatic N) is 9. The van der Waals surface area contributed by atoms with Crippen LogP contribution in [0.5, 0.6) is 17.5 Å². The van der Waals surface area contributed by atoms with Crippen molar-refractivity contribution in [3.63, 3.8) is 0 Å². The highest BCUT2D eigenvalue weighted by molar-refractivity contribution is 5.92. The van der Waals surface area contributed by atoms with E-state index in [0.29, 0.717) is 79.2 Å². The molecule has 8 heterocycles. The predicted octanol–water partition coefficient (Wildman–Crippen LogP) is 15.1. The van der Waals surface area contributed by atoms with Gasteiger partial charge in [-0.15, -0.1) is 0 Å². The topological polar surface area (TPSA) is 138 Å². The van der Waals surface area contributed by atoms with Gasteiger partial charge < -0.3 is 39.4 Å². The number of rotatable bonds is 16. The first-order chi connectivity index (χ1) is 45.7. The van der Waals surface area contributed by atoms with E-state index in [-0.39, 0.29) is 6.54 Å². The minimum absolute atomic E-state index is 0.0971. The van der Waals surface area contributed by atoms with Crippen LogP contribution in [0, 0.1) is 0 Å². The number of primary amides is 1. The Bertz CT molecular complexity index is 3200. The van der Waals surface area contributed by atoms with Crippen molar-refractivity contribution in [3.8, 4) is 17.5 Å². The van der Waals surface area contributed by atoms with Gasteiger partial charge in [0.1, 0.15) is 5.75 Å². The molecule has 3 aromatic carbocycles. The van der Waals surface area contributed by atoms with Gasteiger partial charge >= 0.3 is 6.18 Å². The normalized spacial score (nSPS) is 16.2. The molecule has 0 unspecified atom stereocenters. The summed E-state index contributed by atoms with van der Waals surface area (Å²) >= 11 is 0. The number of carbonyl (C=O) groups is 1. The average Bonchev–Trinajstić information content (AvgIpc) is 0.842. The molecule has 0 radical (unpaired) electrons. The lowest BCUT2D eigenvalue weighted by molar-refractivity contribution is -0.146. The number of pyridine rings is 3. The van der Waals surface area contributed by atoms with Crippen LogP contribution in [0.25, 0.3) is 0 Å². The van der Waals surface area contributed by atoms with E-state index in [2.05, 4.69) is 177 Å². The lowest BCUT2D eigenvalue weighted by Crippen LogP contribution is -2.56. The average molecular weight is 1340 g/mol. The summed E-state index contributed by atoms with van der Waals surface area (Å²) in [5.41, 5.74) is 17.9. The van der Waals surface area contributed by atoms with E-state index in [9.17, 15) is 26.7 Å². The van der Waals surface area contributed by atoms with Crippen LogP contribution in [0.3, 0.4) is 0 Å². The Morgan fingerprint density at radius 2 is 1.04 bits per heavy atom. The Labute approximate surface area is 569 Å². The smallest absolute Gasteiger partial charge is 0.401 e. The summed E-state index contributed by atoms with van der Waals surface area (Å²) in [6, 6.07) is 32.1. The molecule has 4 saturated heterocycles. The molecule has 6 aromatic rings. The van der Waals surface area contributed by atoms with Crippen molar-refractivity contribution in [2.24, 2.45) is 5.73 Å². The number of methoxy groups -OCH3 is 2. The summed E-state index contributed by atoms with van der Waals surface area (Å²) in [6.07, 6.45) is 2.92. The molecule has 0 aliphatic carbocycles. The van der Waals surface area contributed by atoms with Crippen molar-refractivity contribution < 1.29 is 45.7 Å². The Hall–Kier alpha value is -7.13. The first kappa shape index (κ1) is 77.9. The first-order valence-corrected chi connectivity index (χ1v) is 34.3. The second-order valence-corrected chi connectivity index (χ2v) is 27.0. The standard InChI is InChI=1S/C17H26N2O2.C15H21F3N2.C15H22F2N2.C11H15NO.C9H12N2O.C9H13NO/c1-13(2)14-4-5-16(17(10-14)20-3)19-8-6-18(7-9-19)15-11-21-12-15;1-12(2)13-3-5-14(6-4-13)20-9-7-19(8-10-20)11-15(16,17)18;1-12(2)13-3-5-14(6-4-13)19-9-7-18(8-10-19)11-15(16)17;1-8(2)10-6-9-4-3-5-13-11(9)12-7-10;1-6(2)7-3-8(9(10)12)5-11-4-7;1-7(2)8-4-5-9(11-3)10-6-8/h4-5,10,13,15H,6-9,11-12H2,1-3H3;3-6,12H,7-11H2,1-2H3;3-6,12,15H,7-11H2,1-2H3;6-8H,3-5H2,1-2H3;3-6H,1-2H3,(H2,10,12);4-7H,1-3H3. The summed E-state index contributed by atoms with van der Waals surface area (Å²) in [6.45, 7) is 37.2. The molecule has 528 valence electrons. The number of alkyl halides is 5. The number of nitrogens with two attached hydrogens (primary N) is 1. The van der Waals surface area contributed by atoms with E-state index in [0.717, 1.165) is 108 Å². The van der Waals surface area contributed by atoms with E-state index >= 15 is 0 Å². The summed E-state index contributed by atoms with van der Waals surface area (Å²) in [5, 5.41) is 0. The zero-order chi connectivity index (χ0) is 70.1. The molecule has 1 amide bonds. The molecule has 5 aliphatic heterocycles. The number of carbonyl (C=O) groups excluding carboxylic acids is 1. The van der Waals surface area contributed by atoms with E-state index in [1.807, 2.05) is 43.3 Å². The van der Waals surface area contributed by atoms with E-state index in [1.165, 1.54) is 55.9 Å². The van der Waals surface area contributed by atoms with Crippen LogP contribution in [0.1, 0.15) is 174 Å². The van der Waals surface area contributed by atoms with Crippen molar-refractivity contribution in [3.05, 3.63) is 160 Å². The Morgan fingerprint density at radius 3 is 1.49 bits per heavy atom. The molecular weight excluding hydrogens is 1230 g/mol. The number of aryl methyl sites for hydroxylation is 1. The first-order valence-electron chi connectivity index (χ1n) is 34.3. The molecule has 2 N–H and O–H groups in total. The van der Waals surface area contributed by atoms with Gasteiger partial charge in [0.25, 0.3) is 6.43 Å². The van der Waals surface area contributed by atoms with Gasteiger partial charge in [-0.05, 0) is 130 Å². The van der Waals surface area contributed by atoms with E-state index < -0.39 is 25.1 Å². The maximum absolute atomic E-state index is 12.3. The molecule has 0 bridgehead atoms. The van der Waals surface area contributed by atoms with Gasteiger partial charge in [-0.1, -0.05) is 119 Å². The molecule has 11 rings (SSSR count). The van der Waals surface area contributed by atoms with Crippen LogP contribution in [-0.2, 0) is 11.2 Å². The van der Waals surface area contributed by atoms with Crippen LogP contribution in [-0.4, -0.2) is 180 Å². The fraction of sp³-hybridized carbons (Fsp3) is 0.553. The fourth-order valence-corrected chi connectivity index (χ4v) is 11.4. The second-order valence-electron chi connectivity index (χ2n) is 27.0. The highest BCUT2D eigenvalue weighted by Gasteiger charge is 2.33. The summed E-state index contributed by atoms with van der Waals surface area (Å²) in [5.74, 6) is 5.12. The van der Waals surface area contributed by atoms with Gasteiger partial charge in [-0.2, -0.15) is 13.2 Å². The highest BCUT2D eigenvalue weighted by atomic mass is 19.4. The molecule has 3 aromatic heterocycles. The van der Waals surface area contributed by atoms with Crippen molar-refractivity contribution in [2.75, 3.05) is 140 Å². The molecule has 5 aliphatic rings. The van der Waals surface area contributed by atoms with E-state index in [4.69, 9.17) is 24.7 Å². The third-order valence-corrected chi connectivity index (χ3v) is 17.8. The van der Waals surface area contributed by atoms with Crippen molar-refractivity contribution in [1.82, 2.24) is 29.7 Å². The minimum Gasteiger partial charge on any atom is -0.495 e. The number of fused-ring (bicyclic) bond motifs is 1. The number of hydrogen-bond acceptors (Lipinski definition) is 14. The van der Waals surface area contributed by atoms with Gasteiger partial charge in [0.05, 0.1) is 64.4 Å². The lowest BCUT2D eigenvalue weighted by atomic mass is 10.0. The van der Waals surface area contributed by atoms with Crippen molar-refractivity contribution >= 4 is 23.0 Å². The lowest BCUT2D eigenvalue weighted by Gasteiger charge is -2.43. The zero-order valence-corrected chi connectivity index (χ0v) is 59.6. The van der Waals surface area contributed by atoms with Gasteiger partial charge in [-0.3, -0.25) is 24.5 Å². The number of amides is 1. The quantitative estimate of drug-likeness (QED) is 0.0920. The highest BCUT2D eigenvalue weighted by Crippen LogP contribution is 2.34. The summed E-state index contributed by atoms with van der Waals surface area (Å²) < 4.78 is 82.9. The van der Waals surface area contributed by atoms with Crippen LogP contribution < -0.4 is 34.6 Å². The third kappa shape index (κ3) is 25.4. The zero-order valence-electron chi connectivity index (χ0n) is 59.6. The SMILES string of the molecule is CC(C)c1ccc(N2CCN(CC(F)(F)F)CC2)cc1.CC(C)c1ccc(N2CCN(CC(F)F)CC2)cc1.CC(C)c1cnc2c(c1)CCCO2.CC(C)c1cncc(C(N)=O)c1.COc1cc(C(C)C)ccc1N1CCN(C2COC2)CC1.COc1ccc(C(C)C)cn1. The predicted molar refractivity (Wildman–Crippen MR) is 380 cm³/mol. The van der Waals surface area contributed by atoms with Gasteiger partial charge in [0.2, 0.25) is 17.7 Å². The summed E-state index contributed by atoms with van der Waals surface area (Å²) in [4.78, 5) is 35.8. The molecule has 0 saturated carbocycles. The van der Waals surface area contributed by atoms with E-state index in [1.54, 1.807) is 26.5 Å². The number of benzene rings is 3. The van der Waals surface area contributed by atoms with Gasteiger partial charge in [0.15, 0.2) is 0 Å². The number of halogens is 5. The largest absolute Gasteiger partial charge is 0.495 e. The summed E-state index contributed by atoms with van der Waals surface area (Å²) in [7, 11) is 3.39. The van der Waals surface area contributed by atoms with Crippen LogP contribution in [0.2, 0.25) is 0 Å². The Morgan fingerprint density at radius 1 is 0.552 bits per heavy atom. The Kier molecular flexibility index (Phi) is 31.4. The van der Waals surface area contributed by atoms with Crippen molar-refractivity contribution in [1.29, 1.82) is 0 Å². The molecule has 20 heteroatoms. The van der Waals surface area contributed by atoms with Gasteiger partial charge in [0, 0.05) is 126 Å². The molecule has 0 spiro atoms. The molecule has 15 nitrogen and oxygen atoms in total. The van der Waals surface area contributed by atoms with Crippen LogP contribution in [0.15, 0.2) is 116 Å². The minimum atomic E-state index is -4.10. The van der Waals surface area contributed by atoms with Crippen LogP contribution in [0.4, 0.5) is 39.0 Å². The molecular formula is C76H109F5N10O5. The number of anilines is 3. The molecule has 96 heavy (non-hydrogen) atoms. The second kappa shape index (κ2) is 38.7. The van der Waals surface area contributed by atoms with Crippen LogP contribution >= 0.6 is 0 Å². The Balaban J connectivity index is 0.000000185.